The monoisotopic (exact) mass is 387 g/mol. The highest BCUT2D eigenvalue weighted by Crippen LogP contribution is 2.35. The predicted molar refractivity (Wildman–Crippen MR) is 91.7 cm³/mol. The number of anilines is 1. The van der Waals surface area contributed by atoms with Gasteiger partial charge in [0.05, 0.1) is 37.6 Å². The Hall–Kier alpha value is -2.62. The molecule has 0 aliphatic rings. The maximum atomic E-state index is 13.1. The molecule has 6 nitrogen and oxygen atoms in total. The van der Waals surface area contributed by atoms with Crippen molar-refractivity contribution in [2.24, 2.45) is 5.10 Å². The Morgan fingerprint density at radius 3 is 2.85 bits per heavy atom. The fourth-order valence-electron chi connectivity index (χ4n) is 2.05. The van der Waals surface area contributed by atoms with Gasteiger partial charge in [0, 0.05) is 10.9 Å². The summed E-state index contributed by atoms with van der Waals surface area (Å²) in [4.78, 5) is 15.5. The summed E-state index contributed by atoms with van der Waals surface area (Å²) >= 11 is 1.17. The standard InChI is InChI=1S/C16H16F3N3O3S/c1-3-25-14(23)7-10-9-26-15(21-10)22-20-8-11-12(16(17,18)19)5-4-6-13(11)24-2/h4-6,8-9H,3,7H2,1-2H3,(H,21,22). The van der Waals surface area contributed by atoms with Crippen LogP contribution in [0.5, 0.6) is 5.75 Å². The van der Waals surface area contributed by atoms with Crippen LogP contribution in [0.25, 0.3) is 0 Å². The Morgan fingerprint density at radius 1 is 1.42 bits per heavy atom. The van der Waals surface area contributed by atoms with E-state index in [0.717, 1.165) is 12.3 Å². The highest BCUT2D eigenvalue weighted by atomic mass is 32.1. The molecule has 1 heterocycles. The summed E-state index contributed by atoms with van der Waals surface area (Å²) in [6.45, 7) is 1.98. The molecule has 0 fully saturated rings. The van der Waals surface area contributed by atoms with E-state index in [9.17, 15) is 18.0 Å². The number of hydrogen-bond acceptors (Lipinski definition) is 7. The Labute approximate surface area is 151 Å². The summed E-state index contributed by atoms with van der Waals surface area (Å²) in [6.07, 6.45) is -3.50. The van der Waals surface area contributed by atoms with Crippen molar-refractivity contribution >= 4 is 28.7 Å². The maximum Gasteiger partial charge on any atom is 0.417 e. The number of thiazole rings is 1. The highest BCUT2D eigenvalue weighted by molar-refractivity contribution is 7.13. The summed E-state index contributed by atoms with van der Waals surface area (Å²) in [6, 6.07) is 3.62. The number of halogens is 3. The molecule has 0 saturated carbocycles. The highest BCUT2D eigenvalue weighted by Gasteiger charge is 2.34. The van der Waals surface area contributed by atoms with E-state index < -0.39 is 17.7 Å². The predicted octanol–water partition coefficient (Wildman–Crippen LogP) is 3.72. The minimum Gasteiger partial charge on any atom is -0.496 e. The molecule has 0 amide bonds. The quantitative estimate of drug-likeness (QED) is 0.445. The molecular formula is C16H16F3N3O3S. The van der Waals surface area contributed by atoms with Crippen LogP contribution in [0.2, 0.25) is 0 Å². The summed E-state index contributed by atoms with van der Waals surface area (Å²) in [5.41, 5.74) is 1.98. The minimum absolute atomic E-state index is 0.0143. The lowest BCUT2D eigenvalue weighted by Gasteiger charge is -2.12. The van der Waals surface area contributed by atoms with Gasteiger partial charge in [0.15, 0.2) is 0 Å². The lowest BCUT2D eigenvalue weighted by atomic mass is 10.1. The Kier molecular flexibility index (Phi) is 6.56. The van der Waals surface area contributed by atoms with Crippen LogP contribution in [-0.2, 0) is 22.1 Å². The average molecular weight is 387 g/mol. The van der Waals surface area contributed by atoms with Crippen LogP contribution in [0, 0.1) is 0 Å². The smallest absolute Gasteiger partial charge is 0.417 e. The topological polar surface area (TPSA) is 72.8 Å². The molecule has 2 aromatic rings. The van der Waals surface area contributed by atoms with Gasteiger partial charge in [-0.25, -0.2) is 4.98 Å². The van der Waals surface area contributed by atoms with Gasteiger partial charge in [-0.3, -0.25) is 10.2 Å². The van der Waals surface area contributed by atoms with Gasteiger partial charge in [0.2, 0.25) is 5.13 Å². The molecule has 1 aromatic carbocycles. The van der Waals surface area contributed by atoms with E-state index in [1.54, 1.807) is 12.3 Å². The van der Waals surface area contributed by atoms with Crippen molar-refractivity contribution < 1.29 is 27.4 Å². The zero-order valence-corrected chi connectivity index (χ0v) is 14.8. The number of esters is 1. The first-order valence-corrected chi connectivity index (χ1v) is 8.36. The Balaban J connectivity index is 2.12. The van der Waals surface area contributed by atoms with Crippen molar-refractivity contribution in [1.82, 2.24) is 4.98 Å². The van der Waals surface area contributed by atoms with Crippen molar-refractivity contribution in [3.05, 3.63) is 40.4 Å². The molecule has 0 saturated heterocycles. The molecule has 10 heteroatoms. The fourth-order valence-corrected chi connectivity index (χ4v) is 2.71. The molecule has 0 spiro atoms. The van der Waals surface area contributed by atoms with Crippen molar-refractivity contribution in [2.45, 2.75) is 19.5 Å². The first-order chi connectivity index (χ1) is 12.3. The van der Waals surface area contributed by atoms with Gasteiger partial charge in [-0.05, 0) is 19.1 Å². The largest absolute Gasteiger partial charge is 0.496 e. The number of hydrogen-bond donors (Lipinski definition) is 1. The number of nitrogens with zero attached hydrogens (tertiary/aromatic N) is 2. The third-order valence-electron chi connectivity index (χ3n) is 3.13. The summed E-state index contributed by atoms with van der Waals surface area (Å²) in [5, 5.41) is 5.78. The van der Waals surface area contributed by atoms with Crippen LogP contribution in [0.15, 0.2) is 28.7 Å². The van der Waals surface area contributed by atoms with Gasteiger partial charge in [-0.1, -0.05) is 6.07 Å². The number of rotatable bonds is 7. The Bertz CT molecular complexity index is 791. The lowest BCUT2D eigenvalue weighted by molar-refractivity contribution is -0.142. The van der Waals surface area contributed by atoms with E-state index in [2.05, 4.69) is 15.5 Å². The number of benzene rings is 1. The first-order valence-electron chi connectivity index (χ1n) is 7.48. The maximum absolute atomic E-state index is 13.1. The second kappa shape index (κ2) is 8.65. The molecule has 0 aliphatic heterocycles. The number of aromatic nitrogens is 1. The molecule has 26 heavy (non-hydrogen) atoms. The van der Waals surface area contributed by atoms with E-state index in [-0.39, 0.29) is 24.3 Å². The van der Waals surface area contributed by atoms with Crippen LogP contribution in [0.3, 0.4) is 0 Å². The van der Waals surface area contributed by atoms with Crippen molar-refractivity contribution in [3.8, 4) is 5.75 Å². The van der Waals surface area contributed by atoms with Gasteiger partial charge < -0.3 is 9.47 Å². The second-order valence-electron chi connectivity index (χ2n) is 4.92. The molecule has 2 rings (SSSR count). The number of alkyl halides is 3. The fraction of sp³-hybridized carbons (Fsp3) is 0.312. The second-order valence-corrected chi connectivity index (χ2v) is 5.77. The molecule has 0 bridgehead atoms. The zero-order valence-electron chi connectivity index (χ0n) is 14.0. The van der Waals surface area contributed by atoms with E-state index in [1.807, 2.05) is 0 Å². The number of methoxy groups -OCH3 is 1. The van der Waals surface area contributed by atoms with E-state index in [0.29, 0.717) is 10.8 Å². The van der Waals surface area contributed by atoms with Crippen molar-refractivity contribution in [1.29, 1.82) is 0 Å². The van der Waals surface area contributed by atoms with Crippen molar-refractivity contribution in [3.63, 3.8) is 0 Å². The van der Waals surface area contributed by atoms with Gasteiger partial charge in [0.25, 0.3) is 0 Å². The van der Waals surface area contributed by atoms with Crippen LogP contribution >= 0.6 is 11.3 Å². The lowest BCUT2D eigenvalue weighted by Crippen LogP contribution is -2.10. The summed E-state index contributed by atoms with van der Waals surface area (Å²) in [7, 11) is 1.28. The van der Waals surface area contributed by atoms with E-state index in [1.165, 1.54) is 30.6 Å². The summed E-state index contributed by atoms with van der Waals surface area (Å²) < 4.78 is 49.1. The van der Waals surface area contributed by atoms with Gasteiger partial charge in [-0.2, -0.15) is 18.3 Å². The van der Waals surface area contributed by atoms with E-state index >= 15 is 0 Å². The molecule has 1 aromatic heterocycles. The zero-order chi connectivity index (χ0) is 19.2. The number of ether oxygens (including phenoxy) is 2. The molecule has 1 N–H and O–H groups in total. The molecule has 0 atom stereocenters. The molecule has 140 valence electrons. The Morgan fingerprint density at radius 2 is 2.19 bits per heavy atom. The van der Waals surface area contributed by atoms with Gasteiger partial charge >= 0.3 is 12.1 Å². The number of hydrazone groups is 1. The van der Waals surface area contributed by atoms with Crippen LogP contribution in [0.4, 0.5) is 18.3 Å². The SMILES string of the molecule is CCOC(=O)Cc1csc(NN=Cc2c(OC)cccc2C(F)(F)F)n1. The van der Waals surface area contributed by atoms with Crippen molar-refractivity contribution in [2.75, 3.05) is 19.1 Å². The minimum atomic E-state index is -4.54. The van der Waals surface area contributed by atoms with E-state index in [4.69, 9.17) is 9.47 Å². The number of carbonyl (C=O) groups excluding carboxylic acids is 1. The average Bonchev–Trinajstić information content (AvgIpc) is 3.01. The molecule has 0 radical (unpaired) electrons. The summed E-state index contributed by atoms with van der Waals surface area (Å²) in [5.74, 6) is -0.357. The van der Waals surface area contributed by atoms with Crippen LogP contribution < -0.4 is 10.2 Å². The normalized spacial score (nSPS) is 11.6. The number of nitrogens with one attached hydrogen (secondary N) is 1. The first kappa shape index (κ1) is 19.7. The third-order valence-corrected chi connectivity index (χ3v) is 3.92. The molecule has 0 aliphatic carbocycles. The molecule has 0 unspecified atom stereocenters. The van der Waals surface area contributed by atoms with Gasteiger partial charge in [-0.15, -0.1) is 11.3 Å². The van der Waals surface area contributed by atoms with Crippen LogP contribution in [0.1, 0.15) is 23.7 Å². The van der Waals surface area contributed by atoms with Gasteiger partial charge in [0.1, 0.15) is 5.75 Å². The molecular weight excluding hydrogens is 371 g/mol. The number of carbonyl (C=O) groups is 1. The van der Waals surface area contributed by atoms with Crippen LogP contribution in [-0.4, -0.2) is 30.9 Å². The third kappa shape index (κ3) is 5.19.